The number of rotatable bonds is 3. The number of benzene rings is 1. The minimum Gasteiger partial charge on any atom is -0.497 e. The SMILES string of the molecule is COc1ccc2c(c1)c(=O)[nH]n2Cc1cccnc1. The molecular formula is C14H13N3O2. The van der Waals surface area contributed by atoms with Crippen LogP contribution in [0.1, 0.15) is 5.56 Å². The first-order valence-electron chi connectivity index (χ1n) is 5.93. The Bertz CT molecular complexity index is 759. The molecule has 96 valence electrons. The molecule has 0 saturated carbocycles. The van der Waals surface area contributed by atoms with Gasteiger partial charge in [0.2, 0.25) is 0 Å². The smallest absolute Gasteiger partial charge is 0.272 e. The van der Waals surface area contributed by atoms with E-state index in [1.807, 2.05) is 28.9 Å². The molecule has 0 aliphatic heterocycles. The zero-order valence-corrected chi connectivity index (χ0v) is 10.5. The van der Waals surface area contributed by atoms with E-state index in [0.717, 1.165) is 11.1 Å². The van der Waals surface area contributed by atoms with Crippen LogP contribution in [0, 0.1) is 0 Å². The van der Waals surface area contributed by atoms with E-state index in [9.17, 15) is 4.79 Å². The van der Waals surface area contributed by atoms with Crippen LogP contribution in [0.15, 0.2) is 47.5 Å². The van der Waals surface area contributed by atoms with Crippen LogP contribution in [0.2, 0.25) is 0 Å². The van der Waals surface area contributed by atoms with Crippen LogP contribution in [0.25, 0.3) is 10.9 Å². The number of nitrogens with zero attached hydrogens (tertiary/aromatic N) is 2. The average molecular weight is 255 g/mol. The zero-order valence-electron chi connectivity index (χ0n) is 10.5. The summed E-state index contributed by atoms with van der Waals surface area (Å²) in [6.07, 6.45) is 3.51. The third kappa shape index (κ3) is 2.10. The second-order valence-corrected chi connectivity index (χ2v) is 4.27. The lowest BCUT2D eigenvalue weighted by molar-refractivity contribution is 0.415. The average Bonchev–Trinajstić information content (AvgIpc) is 2.76. The molecule has 0 unspecified atom stereocenters. The summed E-state index contributed by atoms with van der Waals surface area (Å²) in [5.41, 5.74) is 1.78. The van der Waals surface area contributed by atoms with Gasteiger partial charge >= 0.3 is 0 Å². The number of hydrogen-bond donors (Lipinski definition) is 1. The first kappa shape index (κ1) is 11.5. The largest absolute Gasteiger partial charge is 0.497 e. The summed E-state index contributed by atoms with van der Waals surface area (Å²) in [4.78, 5) is 16.0. The molecule has 0 aliphatic rings. The van der Waals surface area contributed by atoms with Gasteiger partial charge in [0, 0.05) is 12.4 Å². The van der Waals surface area contributed by atoms with Crippen molar-refractivity contribution in [2.75, 3.05) is 7.11 Å². The van der Waals surface area contributed by atoms with Crippen molar-refractivity contribution < 1.29 is 4.74 Å². The van der Waals surface area contributed by atoms with Gasteiger partial charge in [0.15, 0.2) is 0 Å². The van der Waals surface area contributed by atoms with Crippen molar-refractivity contribution in [3.05, 3.63) is 58.6 Å². The highest BCUT2D eigenvalue weighted by molar-refractivity contribution is 5.80. The van der Waals surface area contributed by atoms with Crippen molar-refractivity contribution >= 4 is 10.9 Å². The highest BCUT2D eigenvalue weighted by Crippen LogP contribution is 2.18. The normalized spacial score (nSPS) is 10.8. The van der Waals surface area contributed by atoms with Gasteiger partial charge in [-0.05, 0) is 29.8 Å². The predicted molar refractivity (Wildman–Crippen MR) is 72.4 cm³/mol. The second-order valence-electron chi connectivity index (χ2n) is 4.27. The summed E-state index contributed by atoms with van der Waals surface area (Å²) in [6.45, 7) is 0.582. The Labute approximate surface area is 109 Å². The lowest BCUT2D eigenvalue weighted by Crippen LogP contribution is -2.06. The maximum atomic E-state index is 11.9. The summed E-state index contributed by atoms with van der Waals surface area (Å²) in [7, 11) is 1.59. The summed E-state index contributed by atoms with van der Waals surface area (Å²) >= 11 is 0. The Morgan fingerprint density at radius 1 is 1.37 bits per heavy atom. The number of aromatic nitrogens is 3. The third-order valence-electron chi connectivity index (χ3n) is 3.04. The van der Waals surface area contributed by atoms with Gasteiger partial charge in [-0.3, -0.25) is 19.6 Å². The maximum Gasteiger partial charge on any atom is 0.272 e. The minimum atomic E-state index is -0.113. The van der Waals surface area contributed by atoms with Gasteiger partial charge < -0.3 is 4.74 Å². The van der Waals surface area contributed by atoms with E-state index >= 15 is 0 Å². The topological polar surface area (TPSA) is 59.9 Å². The Balaban J connectivity index is 2.08. The summed E-state index contributed by atoms with van der Waals surface area (Å²) < 4.78 is 6.95. The minimum absolute atomic E-state index is 0.113. The molecule has 2 aromatic heterocycles. The lowest BCUT2D eigenvalue weighted by Gasteiger charge is -2.04. The molecule has 0 saturated heterocycles. The second kappa shape index (κ2) is 4.61. The molecule has 0 amide bonds. The number of pyridine rings is 1. The summed E-state index contributed by atoms with van der Waals surface area (Å²) in [5.74, 6) is 0.678. The lowest BCUT2D eigenvalue weighted by atomic mass is 10.2. The molecule has 2 heterocycles. The van der Waals surface area contributed by atoms with Crippen molar-refractivity contribution in [1.82, 2.24) is 14.8 Å². The van der Waals surface area contributed by atoms with Crippen LogP contribution in [-0.4, -0.2) is 21.9 Å². The van der Waals surface area contributed by atoms with Gasteiger partial charge in [0.25, 0.3) is 5.56 Å². The van der Waals surface area contributed by atoms with E-state index in [4.69, 9.17) is 4.74 Å². The van der Waals surface area contributed by atoms with Crippen molar-refractivity contribution in [2.45, 2.75) is 6.54 Å². The van der Waals surface area contributed by atoms with E-state index in [0.29, 0.717) is 17.7 Å². The Morgan fingerprint density at radius 3 is 3.00 bits per heavy atom. The third-order valence-corrected chi connectivity index (χ3v) is 3.04. The highest BCUT2D eigenvalue weighted by atomic mass is 16.5. The van der Waals surface area contributed by atoms with Crippen molar-refractivity contribution in [2.24, 2.45) is 0 Å². The number of H-pyrrole nitrogens is 1. The molecule has 5 heteroatoms. The number of fused-ring (bicyclic) bond motifs is 1. The van der Waals surface area contributed by atoms with Crippen molar-refractivity contribution in [3.63, 3.8) is 0 Å². The van der Waals surface area contributed by atoms with Gasteiger partial charge in [-0.2, -0.15) is 0 Å². The summed E-state index contributed by atoms with van der Waals surface area (Å²) in [6, 6.07) is 9.31. The monoisotopic (exact) mass is 255 g/mol. The molecule has 1 aromatic carbocycles. The number of nitrogens with one attached hydrogen (secondary N) is 1. The van der Waals surface area contributed by atoms with Gasteiger partial charge in [0.05, 0.1) is 24.6 Å². The van der Waals surface area contributed by atoms with E-state index in [1.54, 1.807) is 25.6 Å². The number of methoxy groups -OCH3 is 1. The fourth-order valence-electron chi connectivity index (χ4n) is 2.10. The Morgan fingerprint density at radius 2 is 2.26 bits per heavy atom. The van der Waals surface area contributed by atoms with Gasteiger partial charge in [-0.1, -0.05) is 6.07 Å². The maximum absolute atomic E-state index is 11.9. The van der Waals surface area contributed by atoms with Gasteiger partial charge in [-0.15, -0.1) is 0 Å². The highest BCUT2D eigenvalue weighted by Gasteiger charge is 2.08. The molecule has 3 rings (SSSR count). The molecule has 0 fully saturated rings. The Kier molecular flexibility index (Phi) is 2.79. The van der Waals surface area contributed by atoms with E-state index in [-0.39, 0.29) is 5.56 Å². The molecule has 0 atom stereocenters. The van der Waals surface area contributed by atoms with Crippen LogP contribution in [0.5, 0.6) is 5.75 Å². The fraction of sp³-hybridized carbons (Fsp3) is 0.143. The van der Waals surface area contributed by atoms with Crippen LogP contribution < -0.4 is 10.3 Å². The molecule has 3 aromatic rings. The fourth-order valence-corrected chi connectivity index (χ4v) is 2.10. The summed E-state index contributed by atoms with van der Waals surface area (Å²) in [5, 5.41) is 3.46. The van der Waals surface area contributed by atoms with Crippen LogP contribution in [0.4, 0.5) is 0 Å². The zero-order chi connectivity index (χ0) is 13.2. The molecule has 0 aliphatic carbocycles. The molecule has 19 heavy (non-hydrogen) atoms. The molecule has 5 nitrogen and oxygen atoms in total. The van der Waals surface area contributed by atoms with Crippen LogP contribution in [0.3, 0.4) is 0 Å². The molecular weight excluding hydrogens is 242 g/mol. The number of hydrogen-bond acceptors (Lipinski definition) is 3. The van der Waals surface area contributed by atoms with Crippen molar-refractivity contribution in [1.29, 1.82) is 0 Å². The molecule has 1 N–H and O–H groups in total. The number of ether oxygens (including phenoxy) is 1. The quantitative estimate of drug-likeness (QED) is 0.776. The van der Waals surface area contributed by atoms with Gasteiger partial charge in [0.1, 0.15) is 5.75 Å². The number of aromatic amines is 1. The van der Waals surface area contributed by atoms with E-state index in [2.05, 4.69) is 10.1 Å². The van der Waals surface area contributed by atoms with Crippen LogP contribution >= 0.6 is 0 Å². The molecule has 0 radical (unpaired) electrons. The van der Waals surface area contributed by atoms with Crippen LogP contribution in [-0.2, 0) is 6.54 Å². The Hall–Kier alpha value is -2.56. The van der Waals surface area contributed by atoms with Gasteiger partial charge in [-0.25, -0.2) is 0 Å². The van der Waals surface area contributed by atoms with E-state index < -0.39 is 0 Å². The molecule has 0 bridgehead atoms. The first-order valence-corrected chi connectivity index (χ1v) is 5.93. The predicted octanol–water partition coefficient (Wildman–Crippen LogP) is 1.78. The standard InChI is InChI=1S/C14H13N3O2/c1-19-11-4-5-13-12(7-11)14(18)16-17(13)9-10-3-2-6-15-8-10/h2-8H,9H2,1H3,(H,16,18). The van der Waals surface area contributed by atoms with Crippen molar-refractivity contribution in [3.8, 4) is 5.75 Å². The molecule has 0 spiro atoms. The van der Waals surface area contributed by atoms with E-state index in [1.165, 1.54) is 0 Å². The first-order chi connectivity index (χ1) is 9.28.